The molecule has 3 aromatic rings. The first-order chi connectivity index (χ1) is 12.3. The molecule has 3 aromatic heterocycles. The highest BCUT2D eigenvalue weighted by Gasteiger charge is 2.16. The van der Waals surface area contributed by atoms with Gasteiger partial charge in [0.05, 0.1) is 19.0 Å². The van der Waals surface area contributed by atoms with E-state index in [0.29, 0.717) is 0 Å². The van der Waals surface area contributed by atoms with Crippen LogP contribution in [-0.2, 0) is 6.42 Å². The number of unbranched alkanes of at least 4 members (excludes halogenated alkanes) is 7. The highest BCUT2D eigenvalue weighted by Crippen LogP contribution is 2.45. The topological polar surface area (TPSA) is 0 Å². The second-order valence-electron chi connectivity index (χ2n) is 6.66. The molecule has 0 amide bonds. The summed E-state index contributed by atoms with van der Waals surface area (Å²) in [5.74, 6) is 6.75. The Morgan fingerprint density at radius 2 is 1.68 bits per heavy atom. The van der Waals surface area contributed by atoms with Crippen molar-refractivity contribution in [1.82, 2.24) is 0 Å². The van der Waals surface area contributed by atoms with Gasteiger partial charge in [-0.2, -0.15) is 0 Å². The molecule has 0 saturated heterocycles. The smallest absolute Gasteiger partial charge is 0.116 e. The van der Waals surface area contributed by atoms with Crippen molar-refractivity contribution in [3.63, 3.8) is 0 Å². The van der Waals surface area contributed by atoms with Crippen molar-refractivity contribution >= 4 is 60.7 Å². The molecule has 3 heterocycles. The van der Waals surface area contributed by atoms with Crippen LogP contribution in [0.4, 0.5) is 0 Å². The molecular formula is C21H27BS3. The van der Waals surface area contributed by atoms with Gasteiger partial charge in [0, 0.05) is 4.70 Å². The SMILES string of the molecule is BCC#Cc1sc2c(sc3ccsc32)c1CCCCCCCCCC. The number of aryl methyl sites for hydroxylation is 1. The Morgan fingerprint density at radius 1 is 0.920 bits per heavy atom. The Hall–Kier alpha value is -0.755. The van der Waals surface area contributed by atoms with Crippen molar-refractivity contribution in [2.24, 2.45) is 0 Å². The van der Waals surface area contributed by atoms with Gasteiger partial charge in [-0.25, -0.2) is 0 Å². The van der Waals surface area contributed by atoms with E-state index in [4.69, 9.17) is 0 Å². The monoisotopic (exact) mass is 386 g/mol. The maximum atomic E-state index is 3.45. The van der Waals surface area contributed by atoms with E-state index in [1.165, 1.54) is 81.5 Å². The van der Waals surface area contributed by atoms with Gasteiger partial charge in [0.1, 0.15) is 7.85 Å². The Bertz CT molecular complexity index is 856. The Labute approximate surface area is 165 Å². The Kier molecular flexibility index (Phi) is 7.46. The summed E-state index contributed by atoms with van der Waals surface area (Å²) in [5, 5.41) is 2.22. The van der Waals surface area contributed by atoms with Gasteiger partial charge in [0.25, 0.3) is 0 Å². The molecular weight excluding hydrogens is 359 g/mol. The molecule has 132 valence electrons. The number of hydrogen-bond donors (Lipinski definition) is 0. The fourth-order valence-electron chi connectivity index (χ4n) is 3.29. The second-order valence-corrected chi connectivity index (χ2v) is 9.65. The van der Waals surface area contributed by atoms with Crippen molar-refractivity contribution < 1.29 is 0 Å². The number of thiophene rings is 3. The van der Waals surface area contributed by atoms with Gasteiger partial charge >= 0.3 is 0 Å². The lowest BCUT2D eigenvalue weighted by atomic mass is 10.0. The number of rotatable bonds is 9. The average molecular weight is 386 g/mol. The number of fused-ring (bicyclic) bond motifs is 3. The molecule has 0 aliphatic heterocycles. The van der Waals surface area contributed by atoms with Crippen molar-refractivity contribution in [2.45, 2.75) is 71.0 Å². The molecule has 0 nitrogen and oxygen atoms in total. The predicted molar refractivity (Wildman–Crippen MR) is 122 cm³/mol. The van der Waals surface area contributed by atoms with E-state index in [9.17, 15) is 0 Å². The van der Waals surface area contributed by atoms with E-state index >= 15 is 0 Å². The summed E-state index contributed by atoms with van der Waals surface area (Å²) in [6, 6.07) is 2.27. The minimum atomic E-state index is 0.942. The zero-order valence-corrected chi connectivity index (χ0v) is 17.9. The Balaban J connectivity index is 1.64. The zero-order chi connectivity index (χ0) is 17.5. The molecule has 0 aromatic carbocycles. The molecule has 3 rings (SSSR count). The van der Waals surface area contributed by atoms with Crippen LogP contribution in [0.25, 0.3) is 18.8 Å². The first kappa shape index (κ1) is 19.0. The molecule has 0 fully saturated rings. The average Bonchev–Trinajstić information content (AvgIpc) is 3.27. The molecule has 0 aliphatic rings. The largest absolute Gasteiger partial charge is 0.141 e. The molecule has 0 N–H and O–H groups in total. The van der Waals surface area contributed by atoms with Gasteiger partial charge in [-0.3, -0.25) is 0 Å². The van der Waals surface area contributed by atoms with E-state index in [1.54, 1.807) is 5.56 Å². The fraction of sp³-hybridized carbons (Fsp3) is 0.524. The highest BCUT2D eigenvalue weighted by atomic mass is 32.1. The molecule has 0 atom stereocenters. The van der Waals surface area contributed by atoms with E-state index < -0.39 is 0 Å². The molecule has 0 aliphatic carbocycles. The summed E-state index contributed by atoms with van der Waals surface area (Å²) in [7, 11) is 2.14. The van der Waals surface area contributed by atoms with Crippen molar-refractivity contribution in [2.75, 3.05) is 0 Å². The first-order valence-electron chi connectivity index (χ1n) is 9.75. The van der Waals surface area contributed by atoms with Crippen LogP contribution in [0.5, 0.6) is 0 Å². The van der Waals surface area contributed by atoms with Crippen LogP contribution in [0.1, 0.15) is 68.7 Å². The van der Waals surface area contributed by atoms with E-state index in [0.717, 1.165) is 6.32 Å². The second kappa shape index (κ2) is 9.81. The maximum Gasteiger partial charge on any atom is 0.116 e. The standard InChI is InChI=1S/C21H27BS3/c1-2-3-4-5-6-7-8-9-11-16-17(12-10-14-22)24-21-19(16)25-18-13-15-23-20(18)21/h13,15H,2-9,11,14,22H2,1H3. The summed E-state index contributed by atoms with van der Waals surface area (Å²) in [6.07, 6.45) is 13.2. The molecule has 0 spiro atoms. The van der Waals surface area contributed by atoms with Crippen LogP contribution in [-0.4, -0.2) is 7.85 Å². The van der Waals surface area contributed by atoms with Gasteiger partial charge in [0.15, 0.2) is 0 Å². The molecule has 0 unspecified atom stereocenters. The lowest BCUT2D eigenvalue weighted by Crippen LogP contribution is -1.87. The van der Waals surface area contributed by atoms with Crippen molar-refractivity contribution in [1.29, 1.82) is 0 Å². The summed E-state index contributed by atoms with van der Waals surface area (Å²) in [6.45, 7) is 2.29. The van der Waals surface area contributed by atoms with Crippen LogP contribution < -0.4 is 0 Å². The highest BCUT2D eigenvalue weighted by molar-refractivity contribution is 7.38. The normalized spacial score (nSPS) is 11.2. The third-order valence-corrected chi connectivity index (χ3v) is 8.36. The van der Waals surface area contributed by atoms with Crippen LogP contribution >= 0.6 is 34.0 Å². The minimum Gasteiger partial charge on any atom is -0.141 e. The fourth-order valence-corrected chi connectivity index (χ4v) is 7.24. The van der Waals surface area contributed by atoms with Gasteiger partial charge in [-0.1, -0.05) is 57.8 Å². The summed E-state index contributed by atoms with van der Waals surface area (Å²) >= 11 is 5.79. The molecule has 0 saturated carbocycles. The van der Waals surface area contributed by atoms with E-state index in [-0.39, 0.29) is 0 Å². The third-order valence-electron chi connectivity index (χ3n) is 4.66. The summed E-state index contributed by atoms with van der Waals surface area (Å²) in [5.41, 5.74) is 1.54. The van der Waals surface area contributed by atoms with Crippen molar-refractivity contribution in [3.8, 4) is 11.8 Å². The van der Waals surface area contributed by atoms with Gasteiger partial charge < -0.3 is 0 Å². The zero-order valence-electron chi connectivity index (χ0n) is 15.5. The van der Waals surface area contributed by atoms with Gasteiger partial charge in [-0.15, -0.1) is 39.9 Å². The molecule has 4 heteroatoms. The van der Waals surface area contributed by atoms with Gasteiger partial charge in [0.2, 0.25) is 0 Å². The molecule has 0 radical (unpaired) electrons. The summed E-state index contributed by atoms with van der Waals surface area (Å²) in [4.78, 5) is 1.33. The predicted octanol–water partition coefficient (Wildman–Crippen LogP) is 7.26. The summed E-state index contributed by atoms with van der Waals surface area (Å²) < 4.78 is 5.95. The number of hydrogen-bond acceptors (Lipinski definition) is 3. The van der Waals surface area contributed by atoms with E-state index in [2.05, 4.69) is 38.1 Å². The Morgan fingerprint density at radius 3 is 2.44 bits per heavy atom. The first-order valence-corrected chi connectivity index (χ1v) is 12.3. The minimum absolute atomic E-state index is 0.942. The lowest BCUT2D eigenvalue weighted by Gasteiger charge is -2.02. The van der Waals surface area contributed by atoms with Crippen LogP contribution in [0.15, 0.2) is 11.4 Å². The maximum absolute atomic E-state index is 3.45. The van der Waals surface area contributed by atoms with Gasteiger partial charge in [-0.05, 0) is 36.2 Å². The lowest BCUT2D eigenvalue weighted by molar-refractivity contribution is 0.576. The van der Waals surface area contributed by atoms with E-state index in [1.807, 2.05) is 34.0 Å². The quantitative estimate of drug-likeness (QED) is 0.206. The van der Waals surface area contributed by atoms with Crippen LogP contribution in [0.2, 0.25) is 6.32 Å². The van der Waals surface area contributed by atoms with Crippen LogP contribution in [0.3, 0.4) is 0 Å². The molecule has 0 bridgehead atoms. The van der Waals surface area contributed by atoms with Crippen molar-refractivity contribution in [3.05, 3.63) is 21.9 Å². The molecule has 25 heavy (non-hydrogen) atoms. The third kappa shape index (κ3) is 4.70. The van der Waals surface area contributed by atoms with Crippen LogP contribution in [0, 0.1) is 11.8 Å².